The molecule has 0 saturated heterocycles. The standard InChI is InChI=1S/C19H14ClN3O2S2/c1-25-17-6-5-12(10-21-17)18-19-15(7-8-26-19)22-16(23-18)11-27(24)14-4-2-3-13(20)9-14/h2-10H,11H2,1H3. The molecule has 0 N–H and O–H groups in total. The van der Waals surface area contributed by atoms with E-state index in [9.17, 15) is 4.21 Å². The number of ether oxygens (including phenoxy) is 1. The number of benzene rings is 1. The van der Waals surface area contributed by atoms with Crippen LogP contribution in [0, 0.1) is 0 Å². The van der Waals surface area contributed by atoms with Crippen LogP contribution in [-0.2, 0) is 16.6 Å². The lowest BCUT2D eigenvalue weighted by atomic mass is 10.2. The Kier molecular flexibility index (Phi) is 5.15. The van der Waals surface area contributed by atoms with Crippen molar-refractivity contribution in [3.63, 3.8) is 0 Å². The number of nitrogens with zero attached hydrogens (tertiary/aromatic N) is 3. The number of pyridine rings is 1. The summed E-state index contributed by atoms with van der Waals surface area (Å²) in [4.78, 5) is 14.2. The second-order valence-electron chi connectivity index (χ2n) is 5.66. The van der Waals surface area contributed by atoms with Gasteiger partial charge in [-0.15, -0.1) is 11.3 Å². The van der Waals surface area contributed by atoms with E-state index in [1.54, 1.807) is 55.0 Å². The summed E-state index contributed by atoms with van der Waals surface area (Å²) in [7, 11) is 0.290. The third kappa shape index (κ3) is 3.85. The van der Waals surface area contributed by atoms with Crippen molar-refractivity contribution in [1.29, 1.82) is 0 Å². The fourth-order valence-electron chi connectivity index (χ4n) is 2.62. The van der Waals surface area contributed by atoms with Crippen molar-refractivity contribution in [3.8, 4) is 17.1 Å². The molecule has 0 bridgehead atoms. The average Bonchev–Trinajstić information content (AvgIpc) is 3.16. The zero-order valence-corrected chi connectivity index (χ0v) is 16.6. The van der Waals surface area contributed by atoms with Crippen LogP contribution in [0.3, 0.4) is 0 Å². The van der Waals surface area contributed by atoms with Crippen LogP contribution in [0.2, 0.25) is 5.02 Å². The van der Waals surface area contributed by atoms with Crippen LogP contribution in [0.4, 0.5) is 0 Å². The largest absolute Gasteiger partial charge is 0.481 e. The number of hydrogen-bond acceptors (Lipinski definition) is 6. The first-order valence-corrected chi connectivity index (χ1v) is 10.6. The van der Waals surface area contributed by atoms with Gasteiger partial charge in [0, 0.05) is 27.7 Å². The van der Waals surface area contributed by atoms with Crippen LogP contribution in [0.1, 0.15) is 5.82 Å². The minimum absolute atomic E-state index is 0.211. The fraction of sp³-hybridized carbons (Fsp3) is 0.105. The number of rotatable bonds is 5. The number of aromatic nitrogens is 3. The highest BCUT2D eigenvalue weighted by atomic mass is 35.5. The van der Waals surface area contributed by atoms with E-state index >= 15 is 0 Å². The summed E-state index contributed by atoms with van der Waals surface area (Å²) in [5, 5.41) is 2.53. The summed E-state index contributed by atoms with van der Waals surface area (Å²) >= 11 is 7.57. The van der Waals surface area contributed by atoms with Crippen LogP contribution >= 0.6 is 22.9 Å². The third-order valence-corrected chi connectivity index (χ3v) is 6.33. The Morgan fingerprint density at radius 2 is 2.07 bits per heavy atom. The highest BCUT2D eigenvalue weighted by molar-refractivity contribution is 7.84. The van der Waals surface area contributed by atoms with Crippen LogP contribution in [-0.4, -0.2) is 26.3 Å². The molecule has 0 saturated carbocycles. The summed E-state index contributed by atoms with van der Waals surface area (Å²) in [6, 6.07) is 12.7. The molecule has 1 atom stereocenters. The van der Waals surface area contributed by atoms with Gasteiger partial charge in [0.25, 0.3) is 0 Å². The predicted molar refractivity (Wildman–Crippen MR) is 109 cm³/mol. The van der Waals surface area contributed by atoms with Crippen molar-refractivity contribution in [2.24, 2.45) is 0 Å². The maximum atomic E-state index is 12.7. The van der Waals surface area contributed by atoms with E-state index < -0.39 is 10.8 Å². The van der Waals surface area contributed by atoms with E-state index in [0.717, 1.165) is 21.5 Å². The molecule has 0 amide bonds. The first-order valence-electron chi connectivity index (χ1n) is 8.02. The maximum Gasteiger partial charge on any atom is 0.212 e. The molecule has 3 aromatic heterocycles. The minimum Gasteiger partial charge on any atom is -0.481 e. The van der Waals surface area contributed by atoms with Gasteiger partial charge < -0.3 is 4.74 Å². The fourth-order valence-corrected chi connectivity index (χ4v) is 4.74. The number of thiophene rings is 1. The Hall–Kier alpha value is -2.35. The molecule has 1 unspecified atom stereocenters. The topological polar surface area (TPSA) is 65.0 Å². The van der Waals surface area contributed by atoms with Gasteiger partial charge in [0.05, 0.1) is 39.6 Å². The van der Waals surface area contributed by atoms with Gasteiger partial charge in [-0.25, -0.2) is 15.0 Å². The molecular weight excluding hydrogens is 402 g/mol. The lowest BCUT2D eigenvalue weighted by Gasteiger charge is -2.07. The van der Waals surface area contributed by atoms with Gasteiger partial charge in [-0.2, -0.15) is 0 Å². The SMILES string of the molecule is COc1ccc(-c2nc(CS(=O)c3cccc(Cl)c3)nc3ccsc23)cn1. The van der Waals surface area contributed by atoms with Crippen molar-refractivity contribution < 1.29 is 8.95 Å². The molecule has 0 fully saturated rings. The molecule has 0 spiro atoms. The maximum absolute atomic E-state index is 12.7. The third-order valence-electron chi connectivity index (χ3n) is 3.89. The highest BCUT2D eigenvalue weighted by Gasteiger charge is 2.14. The zero-order chi connectivity index (χ0) is 18.8. The highest BCUT2D eigenvalue weighted by Crippen LogP contribution is 2.31. The Morgan fingerprint density at radius 3 is 2.81 bits per heavy atom. The molecule has 0 aliphatic heterocycles. The lowest BCUT2D eigenvalue weighted by Crippen LogP contribution is -2.03. The average molecular weight is 416 g/mol. The normalized spacial score (nSPS) is 12.2. The van der Waals surface area contributed by atoms with Crippen LogP contribution in [0.15, 0.2) is 58.9 Å². The summed E-state index contributed by atoms with van der Waals surface area (Å²) in [5.41, 5.74) is 2.47. The monoisotopic (exact) mass is 415 g/mol. The molecule has 5 nitrogen and oxygen atoms in total. The Bertz CT molecular complexity index is 1130. The molecule has 0 radical (unpaired) electrons. The Morgan fingerprint density at radius 1 is 1.19 bits per heavy atom. The van der Waals surface area contributed by atoms with Crippen molar-refractivity contribution in [2.75, 3.05) is 7.11 Å². The van der Waals surface area contributed by atoms with Crippen LogP contribution in [0.5, 0.6) is 5.88 Å². The Balaban J connectivity index is 1.72. The summed E-state index contributed by atoms with van der Waals surface area (Å²) in [6.45, 7) is 0. The first kappa shape index (κ1) is 18.0. The van der Waals surface area contributed by atoms with E-state index in [1.807, 2.05) is 17.5 Å². The van der Waals surface area contributed by atoms with Crippen molar-refractivity contribution in [3.05, 3.63) is 64.9 Å². The van der Waals surface area contributed by atoms with Crippen molar-refractivity contribution in [2.45, 2.75) is 10.6 Å². The lowest BCUT2D eigenvalue weighted by molar-refractivity contribution is 0.398. The van der Waals surface area contributed by atoms with Crippen molar-refractivity contribution >= 4 is 44.0 Å². The first-order chi connectivity index (χ1) is 13.1. The van der Waals surface area contributed by atoms with Gasteiger partial charge in [-0.1, -0.05) is 17.7 Å². The molecule has 1 aromatic carbocycles. The van der Waals surface area contributed by atoms with Crippen molar-refractivity contribution in [1.82, 2.24) is 15.0 Å². The van der Waals surface area contributed by atoms with Crippen LogP contribution in [0.25, 0.3) is 21.5 Å². The van der Waals surface area contributed by atoms with Gasteiger partial charge in [0.15, 0.2) is 0 Å². The predicted octanol–water partition coefficient (Wildman–Crippen LogP) is 4.72. The quantitative estimate of drug-likeness (QED) is 0.471. The molecule has 3 heterocycles. The summed E-state index contributed by atoms with van der Waals surface area (Å²) in [5.74, 6) is 1.27. The van der Waals surface area contributed by atoms with Crippen LogP contribution < -0.4 is 4.74 Å². The molecule has 27 heavy (non-hydrogen) atoms. The molecule has 8 heteroatoms. The second-order valence-corrected chi connectivity index (χ2v) is 8.46. The number of hydrogen-bond donors (Lipinski definition) is 0. The van der Waals surface area contributed by atoms with Gasteiger partial charge in [0.2, 0.25) is 5.88 Å². The van der Waals surface area contributed by atoms with Gasteiger partial charge in [-0.05, 0) is 35.7 Å². The van der Waals surface area contributed by atoms with E-state index in [1.165, 1.54) is 0 Å². The molecule has 0 aliphatic carbocycles. The molecule has 4 aromatic rings. The molecular formula is C19H14ClN3O2S2. The zero-order valence-electron chi connectivity index (χ0n) is 14.3. The number of methoxy groups -OCH3 is 1. The van der Waals surface area contributed by atoms with Gasteiger partial charge in [-0.3, -0.25) is 4.21 Å². The van der Waals surface area contributed by atoms with E-state index in [0.29, 0.717) is 21.6 Å². The Labute approximate surface area is 167 Å². The second kappa shape index (κ2) is 7.72. The molecule has 136 valence electrons. The summed E-state index contributed by atoms with van der Waals surface area (Å²) in [6.07, 6.45) is 1.72. The number of fused-ring (bicyclic) bond motifs is 1. The minimum atomic E-state index is -1.29. The number of halogens is 1. The van der Waals surface area contributed by atoms with E-state index in [-0.39, 0.29) is 5.75 Å². The van der Waals surface area contributed by atoms with E-state index in [2.05, 4.69) is 15.0 Å². The van der Waals surface area contributed by atoms with Gasteiger partial charge >= 0.3 is 0 Å². The molecule has 0 aliphatic rings. The molecule has 4 rings (SSSR count). The van der Waals surface area contributed by atoms with Gasteiger partial charge in [0.1, 0.15) is 5.82 Å². The smallest absolute Gasteiger partial charge is 0.212 e. The summed E-state index contributed by atoms with van der Waals surface area (Å²) < 4.78 is 18.8. The van der Waals surface area contributed by atoms with E-state index in [4.69, 9.17) is 16.3 Å².